The number of carbonyl (C=O) groups excluding carboxylic acids is 1. The number of ether oxygens (including phenoxy) is 1. The lowest BCUT2D eigenvalue weighted by Crippen LogP contribution is -2.51. The average Bonchev–Trinajstić information content (AvgIpc) is 2.83. The molecule has 2 N–H and O–H groups in total. The highest BCUT2D eigenvalue weighted by molar-refractivity contribution is 5.89. The van der Waals surface area contributed by atoms with Gasteiger partial charge in [0.25, 0.3) is 0 Å². The number of carbonyl (C=O) groups is 1. The fourth-order valence-electron chi connectivity index (χ4n) is 3.07. The standard InChI is InChI=1S/C16H24N2O2/c1-4-11-18(5-2)15(19)16(17)10-9-12-13(16)7-6-8-14(12)20-3/h6-8H,4-5,9-11,17H2,1-3H3. The van der Waals surface area contributed by atoms with Gasteiger partial charge in [0, 0.05) is 13.1 Å². The van der Waals surface area contributed by atoms with Crippen molar-refractivity contribution < 1.29 is 9.53 Å². The van der Waals surface area contributed by atoms with Gasteiger partial charge in [-0.1, -0.05) is 19.1 Å². The van der Waals surface area contributed by atoms with Gasteiger partial charge < -0.3 is 15.4 Å². The summed E-state index contributed by atoms with van der Waals surface area (Å²) >= 11 is 0. The van der Waals surface area contributed by atoms with Gasteiger partial charge >= 0.3 is 0 Å². The van der Waals surface area contributed by atoms with Crippen LogP contribution in [0.15, 0.2) is 18.2 Å². The average molecular weight is 276 g/mol. The van der Waals surface area contributed by atoms with Gasteiger partial charge in [-0.05, 0) is 43.4 Å². The Morgan fingerprint density at radius 2 is 2.20 bits per heavy atom. The van der Waals surface area contributed by atoms with Gasteiger partial charge in [0.1, 0.15) is 11.3 Å². The molecular weight excluding hydrogens is 252 g/mol. The molecule has 20 heavy (non-hydrogen) atoms. The molecule has 1 aliphatic rings. The molecule has 1 aromatic rings. The maximum atomic E-state index is 12.8. The summed E-state index contributed by atoms with van der Waals surface area (Å²) < 4.78 is 5.38. The third kappa shape index (κ3) is 2.29. The van der Waals surface area contributed by atoms with Crippen LogP contribution in [0.4, 0.5) is 0 Å². The van der Waals surface area contributed by atoms with Crippen LogP contribution in [-0.2, 0) is 16.8 Å². The Morgan fingerprint density at radius 1 is 1.45 bits per heavy atom. The van der Waals surface area contributed by atoms with Crippen molar-refractivity contribution in [3.8, 4) is 5.75 Å². The number of nitrogens with two attached hydrogens (primary N) is 1. The summed E-state index contributed by atoms with van der Waals surface area (Å²) in [5.74, 6) is 0.870. The lowest BCUT2D eigenvalue weighted by molar-refractivity contribution is -0.137. The second-order valence-electron chi connectivity index (χ2n) is 5.34. The zero-order valence-electron chi connectivity index (χ0n) is 12.6. The molecule has 110 valence electrons. The minimum absolute atomic E-state index is 0.0360. The Bertz CT molecular complexity index is 501. The summed E-state index contributed by atoms with van der Waals surface area (Å²) in [7, 11) is 1.66. The Balaban J connectivity index is 2.37. The first-order valence-electron chi connectivity index (χ1n) is 7.33. The van der Waals surface area contributed by atoms with Crippen LogP contribution in [0.3, 0.4) is 0 Å². The van der Waals surface area contributed by atoms with Crippen molar-refractivity contribution in [1.82, 2.24) is 4.90 Å². The predicted octanol–water partition coefficient (Wildman–Crippen LogP) is 2.05. The van der Waals surface area contributed by atoms with Gasteiger partial charge in [0.05, 0.1) is 7.11 Å². The van der Waals surface area contributed by atoms with E-state index in [9.17, 15) is 4.79 Å². The van der Waals surface area contributed by atoms with Crippen LogP contribution in [-0.4, -0.2) is 31.0 Å². The van der Waals surface area contributed by atoms with Crippen molar-refractivity contribution in [3.05, 3.63) is 29.3 Å². The third-order valence-electron chi connectivity index (χ3n) is 4.15. The van der Waals surface area contributed by atoms with Crippen LogP contribution in [0.5, 0.6) is 5.75 Å². The molecule has 4 nitrogen and oxygen atoms in total. The second-order valence-corrected chi connectivity index (χ2v) is 5.34. The molecule has 0 radical (unpaired) electrons. The number of hydrogen-bond acceptors (Lipinski definition) is 3. The van der Waals surface area contributed by atoms with Crippen molar-refractivity contribution >= 4 is 5.91 Å². The summed E-state index contributed by atoms with van der Waals surface area (Å²) in [6.45, 7) is 5.53. The highest BCUT2D eigenvalue weighted by Gasteiger charge is 2.44. The molecule has 1 unspecified atom stereocenters. The largest absolute Gasteiger partial charge is 0.496 e. The molecule has 0 fully saturated rings. The predicted molar refractivity (Wildman–Crippen MR) is 79.7 cm³/mol. The fraction of sp³-hybridized carbons (Fsp3) is 0.562. The lowest BCUT2D eigenvalue weighted by Gasteiger charge is -2.31. The van der Waals surface area contributed by atoms with E-state index >= 15 is 0 Å². The number of rotatable bonds is 5. The number of likely N-dealkylation sites (N-methyl/N-ethyl adjacent to an activating group) is 1. The molecular formula is C16H24N2O2. The number of fused-ring (bicyclic) bond motifs is 1. The molecule has 0 aromatic heterocycles. The van der Waals surface area contributed by atoms with Crippen LogP contribution >= 0.6 is 0 Å². The number of methoxy groups -OCH3 is 1. The quantitative estimate of drug-likeness (QED) is 0.895. The van der Waals surface area contributed by atoms with Crippen molar-refractivity contribution in [2.75, 3.05) is 20.2 Å². The van der Waals surface area contributed by atoms with E-state index in [1.807, 2.05) is 30.0 Å². The Labute approximate surface area is 120 Å². The van der Waals surface area contributed by atoms with Gasteiger partial charge in [-0.3, -0.25) is 4.79 Å². The van der Waals surface area contributed by atoms with Gasteiger partial charge in [0.2, 0.25) is 5.91 Å². The van der Waals surface area contributed by atoms with Crippen molar-refractivity contribution in [2.24, 2.45) is 5.73 Å². The van der Waals surface area contributed by atoms with E-state index in [1.165, 1.54) is 0 Å². The van der Waals surface area contributed by atoms with Gasteiger partial charge in [-0.25, -0.2) is 0 Å². The summed E-state index contributed by atoms with van der Waals surface area (Å²) in [5.41, 5.74) is 7.61. The smallest absolute Gasteiger partial charge is 0.247 e. The number of hydrogen-bond donors (Lipinski definition) is 1. The van der Waals surface area contributed by atoms with Crippen LogP contribution < -0.4 is 10.5 Å². The minimum Gasteiger partial charge on any atom is -0.496 e. The van der Waals surface area contributed by atoms with E-state index in [0.29, 0.717) is 13.0 Å². The zero-order valence-corrected chi connectivity index (χ0v) is 12.6. The van der Waals surface area contributed by atoms with Crippen LogP contribution in [0.2, 0.25) is 0 Å². The molecule has 1 aliphatic carbocycles. The first kappa shape index (κ1) is 14.9. The van der Waals surface area contributed by atoms with Crippen molar-refractivity contribution in [1.29, 1.82) is 0 Å². The maximum absolute atomic E-state index is 12.8. The Morgan fingerprint density at radius 3 is 2.80 bits per heavy atom. The molecule has 0 aliphatic heterocycles. The number of amides is 1. The van der Waals surface area contributed by atoms with Gasteiger partial charge in [-0.15, -0.1) is 0 Å². The van der Waals surface area contributed by atoms with Crippen molar-refractivity contribution in [3.63, 3.8) is 0 Å². The topological polar surface area (TPSA) is 55.6 Å². The molecule has 0 spiro atoms. The van der Waals surface area contributed by atoms with E-state index in [-0.39, 0.29) is 5.91 Å². The molecule has 0 saturated heterocycles. The van der Waals surface area contributed by atoms with Crippen LogP contribution in [0.25, 0.3) is 0 Å². The second kappa shape index (κ2) is 5.83. The van der Waals surface area contributed by atoms with Gasteiger partial charge in [-0.2, -0.15) is 0 Å². The SMILES string of the molecule is CCCN(CC)C(=O)C1(N)CCc2c(OC)cccc21. The Kier molecular flexibility index (Phi) is 4.33. The monoisotopic (exact) mass is 276 g/mol. The first-order chi connectivity index (χ1) is 9.58. The highest BCUT2D eigenvalue weighted by atomic mass is 16.5. The minimum atomic E-state index is -0.894. The zero-order chi connectivity index (χ0) is 14.8. The molecule has 1 amide bonds. The fourth-order valence-corrected chi connectivity index (χ4v) is 3.07. The number of benzene rings is 1. The molecule has 2 rings (SSSR count). The van der Waals surface area contributed by atoms with Gasteiger partial charge in [0.15, 0.2) is 0 Å². The maximum Gasteiger partial charge on any atom is 0.247 e. The Hall–Kier alpha value is -1.55. The van der Waals surface area contributed by atoms with Crippen LogP contribution in [0.1, 0.15) is 37.8 Å². The normalized spacial score (nSPS) is 20.6. The molecule has 0 bridgehead atoms. The summed E-state index contributed by atoms with van der Waals surface area (Å²) in [5, 5.41) is 0. The first-order valence-corrected chi connectivity index (χ1v) is 7.33. The van der Waals surface area contributed by atoms with E-state index in [4.69, 9.17) is 10.5 Å². The summed E-state index contributed by atoms with van der Waals surface area (Å²) in [6.07, 6.45) is 2.40. The molecule has 4 heteroatoms. The lowest BCUT2D eigenvalue weighted by atomic mass is 9.91. The molecule has 1 atom stereocenters. The summed E-state index contributed by atoms with van der Waals surface area (Å²) in [6, 6.07) is 5.80. The highest BCUT2D eigenvalue weighted by Crippen LogP contribution is 2.40. The third-order valence-corrected chi connectivity index (χ3v) is 4.15. The van der Waals surface area contributed by atoms with E-state index in [1.54, 1.807) is 7.11 Å². The molecule has 0 heterocycles. The molecule has 0 saturated carbocycles. The number of nitrogens with zero attached hydrogens (tertiary/aromatic N) is 1. The van der Waals surface area contributed by atoms with Crippen LogP contribution in [0, 0.1) is 0 Å². The molecule has 1 aromatic carbocycles. The van der Waals surface area contributed by atoms with Crippen molar-refractivity contribution in [2.45, 2.75) is 38.6 Å². The van der Waals surface area contributed by atoms with E-state index in [0.717, 1.165) is 36.3 Å². The summed E-state index contributed by atoms with van der Waals surface area (Å²) in [4.78, 5) is 14.7. The van der Waals surface area contributed by atoms with E-state index < -0.39 is 5.54 Å². The van der Waals surface area contributed by atoms with E-state index in [2.05, 4.69) is 6.92 Å².